The highest BCUT2D eigenvalue weighted by molar-refractivity contribution is 8.03. The third-order valence-corrected chi connectivity index (χ3v) is 3.10. The van der Waals surface area contributed by atoms with Gasteiger partial charge in [0, 0.05) is 0 Å². The van der Waals surface area contributed by atoms with Gasteiger partial charge in [0.15, 0.2) is 0 Å². The van der Waals surface area contributed by atoms with Crippen molar-refractivity contribution in [3.8, 4) is 0 Å². The Bertz CT molecular complexity index is 294. The molecule has 1 rings (SSSR count). The van der Waals surface area contributed by atoms with E-state index in [0.29, 0.717) is 11.6 Å². The van der Waals surface area contributed by atoms with Gasteiger partial charge in [-0.2, -0.15) is 13.2 Å². The summed E-state index contributed by atoms with van der Waals surface area (Å²) in [7, 11) is 0. The maximum absolute atomic E-state index is 12.4. The molecule has 6 heteroatoms. The van der Waals surface area contributed by atoms with E-state index in [-0.39, 0.29) is 4.91 Å². The summed E-state index contributed by atoms with van der Waals surface area (Å²) in [6, 6.07) is 0. The van der Waals surface area contributed by atoms with Crippen molar-refractivity contribution in [3.05, 3.63) is 16.5 Å². The minimum atomic E-state index is -1.61. The molecule has 2 nitrogen and oxygen atoms in total. The molecule has 1 aromatic rings. The van der Waals surface area contributed by atoms with Crippen LogP contribution in [-0.2, 0) is 0 Å². The average Bonchev–Trinajstić information content (AvgIpc) is 2.64. The van der Waals surface area contributed by atoms with Crippen LogP contribution in [0.2, 0.25) is 0 Å². The van der Waals surface area contributed by atoms with Gasteiger partial charge in [0.2, 0.25) is 5.16 Å². The van der Waals surface area contributed by atoms with E-state index in [1.54, 1.807) is 0 Å². The van der Waals surface area contributed by atoms with Crippen LogP contribution in [0.25, 0.3) is 0 Å². The summed E-state index contributed by atoms with van der Waals surface area (Å²) >= 11 is 2.13. The predicted octanol–water partition coefficient (Wildman–Crippen LogP) is 3.93. The van der Waals surface area contributed by atoms with Crippen molar-refractivity contribution in [2.75, 3.05) is 0 Å². The smallest absolute Gasteiger partial charge is 0.218 e. The highest BCUT2D eigenvalue weighted by atomic mass is 32.2. The first kappa shape index (κ1) is 11.6. The van der Waals surface area contributed by atoms with Crippen LogP contribution in [0.4, 0.5) is 8.78 Å². The molecule has 0 aromatic carbocycles. The van der Waals surface area contributed by atoms with Crippen molar-refractivity contribution in [2.45, 2.75) is 31.3 Å². The van der Waals surface area contributed by atoms with Crippen LogP contribution in [-0.4, -0.2) is 9.36 Å². The summed E-state index contributed by atoms with van der Waals surface area (Å²) in [6.07, 6.45) is 0.465. The second-order valence-electron chi connectivity index (χ2n) is 2.60. The third-order valence-electron chi connectivity index (χ3n) is 1.52. The van der Waals surface area contributed by atoms with Gasteiger partial charge < -0.3 is 0 Å². The molecule has 0 unspecified atom stereocenters. The van der Waals surface area contributed by atoms with Crippen LogP contribution in [0, 0.1) is 0 Å². The van der Waals surface area contributed by atoms with E-state index in [1.807, 2.05) is 6.92 Å². The quantitative estimate of drug-likeness (QED) is 0.724. The van der Waals surface area contributed by atoms with Gasteiger partial charge in [0.05, 0.1) is 4.91 Å². The van der Waals surface area contributed by atoms with E-state index in [4.69, 9.17) is 0 Å². The Kier molecular flexibility index (Phi) is 5.03. The van der Waals surface area contributed by atoms with E-state index < -0.39 is 6.08 Å². The monoisotopic (exact) mass is 236 g/mol. The van der Waals surface area contributed by atoms with Gasteiger partial charge in [0.25, 0.3) is 6.08 Å². The minimum Gasteiger partial charge on any atom is -0.218 e. The average molecular weight is 236 g/mol. The Labute approximate surface area is 89.6 Å². The zero-order chi connectivity index (χ0) is 10.4. The van der Waals surface area contributed by atoms with Gasteiger partial charge in [-0.1, -0.05) is 13.3 Å². The maximum atomic E-state index is 12.4. The Morgan fingerprint density at radius 2 is 2.36 bits per heavy atom. The van der Waals surface area contributed by atoms with Crippen molar-refractivity contribution in [1.29, 1.82) is 0 Å². The largest absolute Gasteiger partial charge is 0.280 e. The molecule has 0 saturated heterocycles. The molecule has 0 N–H and O–H groups in total. The number of rotatable bonds is 5. The second kappa shape index (κ2) is 6.08. The molecule has 0 saturated carbocycles. The van der Waals surface area contributed by atoms with E-state index >= 15 is 0 Å². The summed E-state index contributed by atoms with van der Waals surface area (Å²) in [5, 5.41) is 0.411. The molecule has 0 fully saturated rings. The van der Waals surface area contributed by atoms with Gasteiger partial charge in [-0.3, -0.25) is 0 Å². The molecule has 1 aromatic heterocycles. The van der Waals surface area contributed by atoms with Crippen molar-refractivity contribution < 1.29 is 8.78 Å². The predicted molar refractivity (Wildman–Crippen MR) is 54.5 cm³/mol. The summed E-state index contributed by atoms with van der Waals surface area (Å²) < 4.78 is 28.7. The molecule has 0 bridgehead atoms. The van der Waals surface area contributed by atoms with Crippen LogP contribution >= 0.6 is 23.3 Å². The summed E-state index contributed by atoms with van der Waals surface area (Å²) in [5.41, 5.74) is 1.54. The second-order valence-corrected chi connectivity index (χ2v) is 4.27. The Hall–Kier alpha value is -0.490. The lowest BCUT2D eigenvalue weighted by Gasteiger charge is -2.01. The van der Waals surface area contributed by atoms with Crippen molar-refractivity contribution in [3.63, 3.8) is 0 Å². The minimum absolute atomic E-state index is 0.0882. The topological polar surface area (TPSA) is 25.8 Å². The summed E-state index contributed by atoms with van der Waals surface area (Å²) in [4.78, 5) is 3.94. The third kappa shape index (κ3) is 3.71. The van der Waals surface area contributed by atoms with Crippen LogP contribution < -0.4 is 0 Å². The number of thioether (sulfide) groups is 1. The summed E-state index contributed by atoms with van der Waals surface area (Å²) in [5.74, 6) is 0. The fraction of sp³-hybridized carbons (Fsp3) is 0.500. The highest BCUT2D eigenvalue weighted by Crippen LogP contribution is 2.31. The molecule has 0 aliphatic heterocycles. The zero-order valence-corrected chi connectivity index (χ0v) is 9.30. The van der Waals surface area contributed by atoms with Gasteiger partial charge in [0.1, 0.15) is 5.51 Å². The number of nitrogens with zero attached hydrogens (tertiary/aromatic N) is 2. The number of hydrogen-bond acceptors (Lipinski definition) is 4. The van der Waals surface area contributed by atoms with E-state index in [9.17, 15) is 8.78 Å². The van der Waals surface area contributed by atoms with E-state index in [2.05, 4.69) is 9.36 Å². The molecule has 0 aliphatic carbocycles. The summed E-state index contributed by atoms with van der Waals surface area (Å²) in [6.45, 7) is 1.97. The van der Waals surface area contributed by atoms with Crippen LogP contribution in [0.15, 0.2) is 21.7 Å². The molecule has 14 heavy (non-hydrogen) atoms. The first-order valence-corrected chi connectivity index (χ1v) is 5.87. The molecule has 0 amide bonds. The lowest BCUT2D eigenvalue weighted by atomic mass is 10.2. The van der Waals surface area contributed by atoms with Crippen molar-refractivity contribution >= 4 is 23.3 Å². The molecule has 0 atom stereocenters. The highest BCUT2D eigenvalue weighted by Gasteiger charge is 2.10. The number of aromatic nitrogens is 2. The van der Waals surface area contributed by atoms with Gasteiger partial charge in [-0.15, -0.1) is 0 Å². The lowest BCUT2D eigenvalue weighted by molar-refractivity contribution is 0.414. The van der Waals surface area contributed by atoms with Crippen molar-refractivity contribution in [2.24, 2.45) is 0 Å². The number of allylic oxidation sites excluding steroid dienone is 1. The molecule has 1 heterocycles. The number of halogens is 2. The molecule has 0 aliphatic rings. The fourth-order valence-corrected chi connectivity index (χ4v) is 2.16. The Morgan fingerprint density at radius 3 is 2.86 bits per heavy atom. The van der Waals surface area contributed by atoms with Gasteiger partial charge >= 0.3 is 0 Å². The Morgan fingerprint density at radius 1 is 1.57 bits per heavy atom. The normalized spacial score (nSPS) is 10.2. The first-order valence-electron chi connectivity index (χ1n) is 4.22. The maximum Gasteiger partial charge on any atom is 0.280 e. The lowest BCUT2D eigenvalue weighted by Crippen LogP contribution is -1.83. The standard InChI is InChI=1S/C8H10F2N2S2/c1-2-3-4-6(7(9)10)14-8-11-5-13-12-8/h5H,2-4H2,1H3. The van der Waals surface area contributed by atoms with Crippen molar-refractivity contribution in [1.82, 2.24) is 9.36 Å². The van der Waals surface area contributed by atoms with Crippen LogP contribution in [0.3, 0.4) is 0 Å². The Balaban J connectivity index is 2.57. The van der Waals surface area contributed by atoms with Crippen LogP contribution in [0.5, 0.6) is 0 Å². The van der Waals surface area contributed by atoms with Gasteiger partial charge in [-0.25, -0.2) is 4.98 Å². The molecule has 78 valence electrons. The first-order chi connectivity index (χ1) is 6.74. The van der Waals surface area contributed by atoms with Gasteiger partial charge in [-0.05, 0) is 36.1 Å². The van der Waals surface area contributed by atoms with E-state index in [1.165, 1.54) is 17.0 Å². The number of unbranched alkanes of at least 4 members (excludes halogenated alkanes) is 1. The molecule has 0 radical (unpaired) electrons. The molecular weight excluding hydrogens is 226 g/mol. The molecular formula is C8H10F2N2S2. The zero-order valence-electron chi connectivity index (χ0n) is 7.67. The SMILES string of the molecule is CCCCC(Sc1ncsn1)=C(F)F. The van der Waals surface area contributed by atoms with Crippen LogP contribution in [0.1, 0.15) is 26.2 Å². The fourth-order valence-electron chi connectivity index (χ4n) is 0.837. The number of hydrogen-bond donors (Lipinski definition) is 0. The molecule has 0 spiro atoms. The van der Waals surface area contributed by atoms with E-state index in [0.717, 1.165) is 24.6 Å².